The molecule has 80 valence electrons. The lowest BCUT2D eigenvalue weighted by molar-refractivity contribution is 0.435. The molecule has 1 atom stereocenters. The first-order valence-electron chi connectivity index (χ1n) is 5.67. The number of amidine groups is 1. The van der Waals surface area contributed by atoms with E-state index in [0.29, 0.717) is 0 Å². The molecule has 14 heavy (non-hydrogen) atoms. The van der Waals surface area contributed by atoms with Gasteiger partial charge >= 0.3 is 0 Å². The summed E-state index contributed by atoms with van der Waals surface area (Å²) < 4.78 is 0. The Morgan fingerprint density at radius 1 is 1.50 bits per heavy atom. The molecular formula is C11H20N2S. The standard InChI is InChI=1S/C11H20N2S/c1-8(2)10-6-13-11(14-7-10)12-5-9-3-4-9/h8-10H,3-7H2,1-2H3,(H,12,13). The van der Waals surface area contributed by atoms with Gasteiger partial charge in [-0.15, -0.1) is 0 Å². The van der Waals surface area contributed by atoms with Crippen LogP contribution in [-0.4, -0.2) is 24.0 Å². The molecule has 2 rings (SSSR count). The van der Waals surface area contributed by atoms with E-state index in [-0.39, 0.29) is 0 Å². The van der Waals surface area contributed by atoms with Gasteiger partial charge in [-0.1, -0.05) is 25.6 Å². The fraction of sp³-hybridized carbons (Fsp3) is 0.909. The van der Waals surface area contributed by atoms with Gasteiger partial charge in [0.15, 0.2) is 5.17 Å². The number of hydrogen-bond acceptors (Lipinski definition) is 3. The molecule has 0 amide bonds. The van der Waals surface area contributed by atoms with Gasteiger partial charge in [0.25, 0.3) is 0 Å². The van der Waals surface area contributed by atoms with Crippen molar-refractivity contribution in [2.24, 2.45) is 22.7 Å². The third kappa shape index (κ3) is 2.91. The quantitative estimate of drug-likeness (QED) is 0.776. The Labute approximate surface area is 90.9 Å². The molecule has 1 N–H and O–H groups in total. The number of thioether (sulfide) groups is 1. The SMILES string of the molecule is CC(C)C1CN=C(NCC2CC2)SC1. The summed E-state index contributed by atoms with van der Waals surface area (Å²) in [7, 11) is 0. The molecule has 0 saturated heterocycles. The van der Waals surface area contributed by atoms with Crippen molar-refractivity contribution >= 4 is 16.9 Å². The summed E-state index contributed by atoms with van der Waals surface area (Å²) in [5.74, 6) is 3.75. The number of hydrogen-bond donors (Lipinski definition) is 1. The molecule has 0 aromatic rings. The summed E-state index contributed by atoms with van der Waals surface area (Å²) in [5, 5.41) is 4.64. The van der Waals surface area contributed by atoms with Crippen molar-refractivity contribution in [3.63, 3.8) is 0 Å². The molecule has 1 heterocycles. The van der Waals surface area contributed by atoms with Crippen molar-refractivity contribution in [2.45, 2.75) is 26.7 Å². The Balaban J connectivity index is 1.72. The lowest BCUT2D eigenvalue weighted by Gasteiger charge is -2.23. The second-order valence-corrected chi connectivity index (χ2v) is 5.79. The molecule has 1 aliphatic heterocycles. The molecule has 0 aromatic heterocycles. The lowest BCUT2D eigenvalue weighted by Crippen LogP contribution is -2.30. The molecule has 2 aliphatic rings. The number of rotatable bonds is 3. The van der Waals surface area contributed by atoms with Gasteiger partial charge in [0.05, 0.1) is 0 Å². The highest BCUT2D eigenvalue weighted by molar-refractivity contribution is 8.13. The predicted molar refractivity (Wildman–Crippen MR) is 63.8 cm³/mol. The van der Waals surface area contributed by atoms with Crippen LogP contribution >= 0.6 is 11.8 Å². The van der Waals surface area contributed by atoms with Gasteiger partial charge in [0.2, 0.25) is 0 Å². The highest BCUT2D eigenvalue weighted by Gasteiger charge is 2.23. The molecule has 0 aromatic carbocycles. The van der Waals surface area contributed by atoms with Crippen LogP contribution in [0.1, 0.15) is 26.7 Å². The van der Waals surface area contributed by atoms with E-state index in [1.165, 1.54) is 23.8 Å². The first-order chi connectivity index (χ1) is 6.75. The van der Waals surface area contributed by atoms with E-state index in [1.807, 2.05) is 11.8 Å². The Morgan fingerprint density at radius 2 is 2.29 bits per heavy atom. The van der Waals surface area contributed by atoms with Crippen LogP contribution in [-0.2, 0) is 0 Å². The topological polar surface area (TPSA) is 24.4 Å². The van der Waals surface area contributed by atoms with E-state index in [9.17, 15) is 0 Å². The van der Waals surface area contributed by atoms with Crippen molar-refractivity contribution in [3.05, 3.63) is 0 Å². The lowest BCUT2D eigenvalue weighted by atomic mass is 9.98. The number of nitrogens with one attached hydrogen (secondary N) is 1. The van der Waals surface area contributed by atoms with Crippen LogP contribution in [0.15, 0.2) is 4.99 Å². The van der Waals surface area contributed by atoms with Gasteiger partial charge in [0.1, 0.15) is 0 Å². The van der Waals surface area contributed by atoms with Crippen molar-refractivity contribution in [1.29, 1.82) is 0 Å². The summed E-state index contributed by atoms with van der Waals surface area (Å²) in [6, 6.07) is 0. The summed E-state index contributed by atoms with van der Waals surface area (Å²) in [5.41, 5.74) is 0. The second-order valence-electron chi connectivity index (χ2n) is 4.79. The molecular weight excluding hydrogens is 192 g/mol. The molecule has 1 fully saturated rings. The van der Waals surface area contributed by atoms with Gasteiger partial charge in [-0.3, -0.25) is 4.99 Å². The summed E-state index contributed by atoms with van der Waals surface area (Å²) >= 11 is 1.91. The van der Waals surface area contributed by atoms with Crippen LogP contribution in [0.4, 0.5) is 0 Å². The molecule has 0 spiro atoms. The van der Waals surface area contributed by atoms with Gasteiger partial charge < -0.3 is 5.32 Å². The molecule has 1 unspecified atom stereocenters. The van der Waals surface area contributed by atoms with Crippen LogP contribution in [0.5, 0.6) is 0 Å². The minimum atomic E-state index is 0.774. The van der Waals surface area contributed by atoms with E-state index < -0.39 is 0 Å². The van der Waals surface area contributed by atoms with Crippen LogP contribution in [0.2, 0.25) is 0 Å². The average Bonchev–Trinajstić information content (AvgIpc) is 2.99. The Bertz CT molecular complexity index is 221. The summed E-state index contributed by atoms with van der Waals surface area (Å²) in [4.78, 5) is 4.60. The molecule has 1 aliphatic carbocycles. The first kappa shape index (κ1) is 10.3. The largest absolute Gasteiger partial charge is 0.365 e. The molecule has 3 heteroatoms. The zero-order chi connectivity index (χ0) is 9.97. The maximum atomic E-state index is 4.60. The van der Waals surface area contributed by atoms with Gasteiger partial charge in [-0.05, 0) is 30.6 Å². The minimum Gasteiger partial charge on any atom is -0.365 e. The van der Waals surface area contributed by atoms with Gasteiger partial charge in [0, 0.05) is 18.8 Å². The number of aliphatic imine (C=N–C) groups is 1. The monoisotopic (exact) mass is 212 g/mol. The highest BCUT2D eigenvalue weighted by Crippen LogP contribution is 2.28. The van der Waals surface area contributed by atoms with Crippen molar-refractivity contribution in [1.82, 2.24) is 5.32 Å². The Morgan fingerprint density at radius 3 is 2.79 bits per heavy atom. The predicted octanol–water partition coefficient (Wildman–Crippen LogP) is 2.36. The van der Waals surface area contributed by atoms with E-state index in [2.05, 4.69) is 24.2 Å². The third-order valence-electron chi connectivity index (χ3n) is 3.09. The first-order valence-corrected chi connectivity index (χ1v) is 6.65. The molecule has 2 nitrogen and oxygen atoms in total. The van der Waals surface area contributed by atoms with Crippen LogP contribution in [0, 0.1) is 17.8 Å². The molecule has 0 bridgehead atoms. The molecule has 0 radical (unpaired) electrons. The van der Waals surface area contributed by atoms with Gasteiger partial charge in [-0.2, -0.15) is 0 Å². The smallest absolute Gasteiger partial charge is 0.156 e. The second kappa shape index (κ2) is 4.56. The van der Waals surface area contributed by atoms with Crippen LogP contribution in [0.25, 0.3) is 0 Å². The van der Waals surface area contributed by atoms with Crippen LogP contribution < -0.4 is 5.32 Å². The highest BCUT2D eigenvalue weighted by atomic mass is 32.2. The third-order valence-corrected chi connectivity index (χ3v) is 4.23. The van der Waals surface area contributed by atoms with E-state index >= 15 is 0 Å². The Kier molecular flexibility index (Phi) is 3.37. The van der Waals surface area contributed by atoms with E-state index in [1.54, 1.807) is 0 Å². The fourth-order valence-electron chi connectivity index (χ4n) is 1.55. The van der Waals surface area contributed by atoms with E-state index in [0.717, 1.165) is 30.8 Å². The maximum absolute atomic E-state index is 4.60. The summed E-state index contributed by atoms with van der Waals surface area (Å²) in [6.45, 7) is 6.77. The average molecular weight is 212 g/mol. The minimum absolute atomic E-state index is 0.774. The Hall–Kier alpha value is -0.180. The normalized spacial score (nSPS) is 27.6. The number of nitrogens with zero attached hydrogens (tertiary/aromatic N) is 1. The van der Waals surface area contributed by atoms with E-state index in [4.69, 9.17) is 0 Å². The molecule has 1 saturated carbocycles. The zero-order valence-electron chi connectivity index (χ0n) is 9.12. The summed E-state index contributed by atoms with van der Waals surface area (Å²) in [6.07, 6.45) is 2.83. The van der Waals surface area contributed by atoms with Crippen molar-refractivity contribution in [3.8, 4) is 0 Å². The van der Waals surface area contributed by atoms with Crippen molar-refractivity contribution < 1.29 is 0 Å². The maximum Gasteiger partial charge on any atom is 0.156 e. The zero-order valence-corrected chi connectivity index (χ0v) is 9.94. The van der Waals surface area contributed by atoms with Crippen molar-refractivity contribution in [2.75, 3.05) is 18.8 Å². The van der Waals surface area contributed by atoms with Gasteiger partial charge in [-0.25, -0.2) is 0 Å². The van der Waals surface area contributed by atoms with Crippen LogP contribution in [0.3, 0.4) is 0 Å². The fourth-order valence-corrected chi connectivity index (χ4v) is 2.76.